The fraction of sp³-hybridized carbons (Fsp3) is 0.0476. The highest BCUT2D eigenvalue weighted by atomic mass is 79.9. The Labute approximate surface area is 165 Å². The third-order valence-corrected chi connectivity index (χ3v) is 4.73. The van der Waals surface area contributed by atoms with Gasteiger partial charge < -0.3 is 15.1 Å². The molecule has 136 valence electrons. The van der Waals surface area contributed by atoms with Crippen LogP contribution in [0.5, 0.6) is 0 Å². The number of benzene rings is 2. The van der Waals surface area contributed by atoms with Gasteiger partial charge in [-0.2, -0.15) is 0 Å². The Balaban J connectivity index is 1.87. The van der Waals surface area contributed by atoms with Crippen LogP contribution in [0.4, 0.5) is 5.69 Å². The number of furan rings is 1. The lowest BCUT2D eigenvalue weighted by atomic mass is 10.2. The standard InChI is InChI=1S/C21H17BrN2O3/c1-14-17(22)10-5-11-18(14)23-21(26)19(13-16-9-6-12-27-16)24-20(25)15-7-3-2-4-8-15/h2-13H,1H3,(H,23,26)(H,24,25)/b19-13-. The topological polar surface area (TPSA) is 71.3 Å². The number of nitrogens with one attached hydrogen (secondary N) is 2. The smallest absolute Gasteiger partial charge is 0.272 e. The van der Waals surface area contributed by atoms with Gasteiger partial charge in [0.05, 0.1) is 6.26 Å². The predicted molar refractivity (Wildman–Crippen MR) is 108 cm³/mol. The van der Waals surface area contributed by atoms with Crippen LogP contribution >= 0.6 is 15.9 Å². The summed E-state index contributed by atoms with van der Waals surface area (Å²) in [7, 11) is 0. The van der Waals surface area contributed by atoms with Crippen LogP contribution in [0.3, 0.4) is 0 Å². The molecule has 0 saturated carbocycles. The molecule has 2 aromatic carbocycles. The van der Waals surface area contributed by atoms with Gasteiger partial charge in [-0.3, -0.25) is 9.59 Å². The van der Waals surface area contributed by atoms with E-state index in [9.17, 15) is 9.59 Å². The van der Waals surface area contributed by atoms with Crippen LogP contribution in [0.1, 0.15) is 21.7 Å². The molecule has 0 saturated heterocycles. The lowest BCUT2D eigenvalue weighted by Gasteiger charge is -2.13. The number of carbonyl (C=O) groups is 2. The van der Waals surface area contributed by atoms with E-state index >= 15 is 0 Å². The number of halogens is 1. The summed E-state index contributed by atoms with van der Waals surface area (Å²) in [5, 5.41) is 5.49. The first-order valence-corrected chi connectivity index (χ1v) is 9.02. The van der Waals surface area contributed by atoms with E-state index in [1.54, 1.807) is 42.5 Å². The van der Waals surface area contributed by atoms with Crippen LogP contribution in [0.15, 0.2) is 81.5 Å². The summed E-state index contributed by atoms with van der Waals surface area (Å²) >= 11 is 3.44. The van der Waals surface area contributed by atoms with Crippen LogP contribution in [0, 0.1) is 6.92 Å². The van der Waals surface area contributed by atoms with E-state index in [-0.39, 0.29) is 11.6 Å². The van der Waals surface area contributed by atoms with Crippen molar-refractivity contribution in [1.82, 2.24) is 5.32 Å². The van der Waals surface area contributed by atoms with Crippen LogP contribution in [-0.2, 0) is 4.79 Å². The van der Waals surface area contributed by atoms with Crippen molar-refractivity contribution in [2.75, 3.05) is 5.32 Å². The van der Waals surface area contributed by atoms with Gasteiger partial charge in [0.25, 0.3) is 11.8 Å². The summed E-state index contributed by atoms with van der Waals surface area (Å²) in [6, 6.07) is 17.6. The normalized spacial score (nSPS) is 11.1. The first kappa shape index (κ1) is 18.7. The van der Waals surface area contributed by atoms with Crippen molar-refractivity contribution in [3.63, 3.8) is 0 Å². The van der Waals surface area contributed by atoms with Crippen molar-refractivity contribution >= 4 is 39.5 Å². The number of carbonyl (C=O) groups excluding carboxylic acids is 2. The molecule has 1 aromatic heterocycles. The van der Waals surface area contributed by atoms with Gasteiger partial charge in [-0.25, -0.2) is 0 Å². The highest BCUT2D eigenvalue weighted by Crippen LogP contribution is 2.24. The second kappa shape index (κ2) is 8.51. The summed E-state index contributed by atoms with van der Waals surface area (Å²) in [5.74, 6) is -0.370. The zero-order valence-corrected chi connectivity index (χ0v) is 16.1. The molecule has 5 nitrogen and oxygen atoms in total. The first-order chi connectivity index (χ1) is 13.0. The number of anilines is 1. The molecule has 0 radical (unpaired) electrons. The molecule has 2 N–H and O–H groups in total. The quantitative estimate of drug-likeness (QED) is 0.579. The number of rotatable bonds is 5. The maximum atomic E-state index is 12.8. The molecule has 0 spiro atoms. The zero-order valence-electron chi connectivity index (χ0n) is 14.5. The Bertz CT molecular complexity index is 980. The Kier molecular flexibility index (Phi) is 5.88. The van der Waals surface area contributed by atoms with E-state index in [2.05, 4.69) is 26.6 Å². The van der Waals surface area contributed by atoms with Crippen LogP contribution < -0.4 is 10.6 Å². The Morgan fingerprint density at radius 1 is 1.00 bits per heavy atom. The molecule has 0 aliphatic heterocycles. The molecule has 0 fully saturated rings. The summed E-state index contributed by atoms with van der Waals surface area (Å²) in [5.41, 5.74) is 2.07. The minimum Gasteiger partial charge on any atom is -0.465 e. The maximum Gasteiger partial charge on any atom is 0.272 e. The van der Waals surface area contributed by atoms with Gasteiger partial charge in [0.1, 0.15) is 11.5 Å². The molecule has 6 heteroatoms. The second-order valence-electron chi connectivity index (χ2n) is 5.76. The number of amides is 2. The van der Waals surface area contributed by atoms with Gasteiger partial charge in [-0.15, -0.1) is 0 Å². The second-order valence-corrected chi connectivity index (χ2v) is 6.61. The zero-order chi connectivity index (χ0) is 19.2. The summed E-state index contributed by atoms with van der Waals surface area (Å²) in [6.45, 7) is 1.89. The molecule has 1 heterocycles. The Morgan fingerprint density at radius 3 is 2.48 bits per heavy atom. The average Bonchev–Trinajstić information content (AvgIpc) is 3.18. The summed E-state index contributed by atoms with van der Waals surface area (Å²) in [6.07, 6.45) is 2.99. The molecule has 3 rings (SSSR count). The number of hydrogen-bond donors (Lipinski definition) is 2. The SMILES string of the molecule is Cc1c(Br)cccc1NC(=O)/C(=C/c1ccco1)NC(=O)c1ccccc1. The maximum absolute atomic E-state index is 12.8. The molecule has 3 aromatic rings. The molecule has 2 amide bonds. The van der Waals surface area contributed by atoms with Crippen molar-refractivity contribution in [3.05, 3.63) is 94.0 Å². The molecule has 0 aliphatic carbocycles. The monoisotopic (exact) mass is 424 g/mol. The van der Waals surface area contributed by atoms with E-state index in [1.165, 1.54) is 12.3 Å². The van der Waals surface area contributed by atoms with Gasteiger partial charge >= 0.3 is 0 Å². The van der Waals surface area contributed by atoms with E-state index in [4.69, 9.17) is 4.42 Å². The fourth-order valence-electron chi connectivity index (χ4n) is 2.39. The van der Waals surface area contributed by atoms with Gasteiger partial charge in [-0.1, -0.05) is 40.2 Å². The van der Waals surface area contributed by atoms with Gasteiger partial charge in [0.2, 0.25) is 0 Å². The summed E-state index contributed by atoms with van der Waals surface area (Å²) < 4.78 is 6.16. The van der Waals surface area contributed by atoms with Gasteiger partial charge in [0.15, 0.2) is 0 Å². The van der Waals surface area contributed by atoms with E-state index < -0.39 is 5.91 Å². The molecule has 0 bridgehead atoms. The van der Waals surface area contributed by atoms with Crippen molar-refractivity contribution in [2.45, 2.75) is 6.92 Å². The van der Waals surface area contributed by atoms with E-state index in [0.29, 0.717) is 17.0 Å². The molecule has 0 atom stereocenters. The Morgan fingerprint density at radius 2 is 1.78 bits per heavy atom. The molecule has 0 unspecified atom stereocenters. The van der Waals surface area contributed by atoms with Gasteiger partial charge in [0, 0.05) is 21.8 Å². The van der Waals surface area contributed by atoms with Crippen LogP contribution in [0.2, 0.25) is 0 Å². The summed E-state index contributed by atoms with van der Waals surface area (Å²) in [4.78, 5) is 25.3. The van der Waals surface area contributed by atoms with Crippen LogP contribution in [-0.4, -0.2) is 11.8 Å². The molecule has 0 aliphatic rings. The highest BCUT2D eigenvalue weighted by Gasteiger charge is 2.16. The molecular weight excluding hydrogens is 408 g/mol. The molecular formula is C21H17BrN2O3. The van der Waals surface area contributed by atoms with E-state index in [1.807, 2.05) is 25.1 Å². The van der Waals surface area contributed by atoms with Crippen LogP contribution in [0.25, 0.3) is 6.08 Å². The predicted octanol–water partition coefficient (Wildman–Crippen LogP) is 4.76. The third kappa shape index (κ3) is 4.74. The van der Waals surface area contributed by atoms with Gasteiger partial charge in [-0.05, 0) is 48.9 Å². The third-order valence-electron chi connectivity index (χ3n) is 3.87. The van der Waals surface area contributed by atoms with Crippen molar-refractivity contribution in [2.24, 2.45) is 0 Å². The molecule has 27 heavy (non-hydrogen) atoms. The minimum atomic E-state index is -0.447. The highest BCUT2D eigenvalue weighted by molar-refractivity contribution is 9.10. The van der Waals surface area contributed by atoms with E-state index in [0.717, 1.165) is 10.0 Å². The lowest BCUT2D eigenvalue weighted by Crippen LogP contribution is -2.30. The minimum absolute atomic E-state index is 0.0816. The Hall–Kier alpha value is -3.12. The van der Waals surface area contributed by atoms with Crippen molar-refractivity contribution < 1.29 is 14.0 Å². The van der Waals surface area contributed by atoms with Crippen molar-refractivity contribution in [3.8, 4) is 0 Å². The first-order valence-electron chi connectivity index (χ1n) is 8.22. The fourth-order valence-corrected chi connectivity index (χ4v) is 2.76. The lowest BCUT2D eigenvalue weighted by molar-refractivity contribution is -0.113. The van der Waals surface area contributed by atoms with Crippen molar-refractivity contribution in [1.29, 1.82) is 0 Å². The largest absolute Gasteiger partial charge is 0.465 e. The number of hydrogen-bond acceptors (Lipinski definition) is 3. The average molecular weight is 425 g/mol.